The number of aromatic nitrogens is 1. The van der Waals surface area contributed by atoms with Crippen molar-refractivity contribution in [1.29, 1.82) is 0 Å². The fourth-order valence-electron chi connectivity index (χ4n) is 4.55. The summed E-state index contributed by atoms with van der Waals surface area (Å²) in [5, 5.41) is 0. The van der Waals surface area contributed by atoms with Gasteiger partial charge >= 0.3 is 0 Å². The van der Waals surface area contributed by atoms with Gasteiger partial charge in [0.25, 0.3) is 0 Å². The second kappa shape index (κ2) is 11.1. The zero-order chi connectivity index (χ0) is 23.0. The van der Waals surface area contributed by atoms with Gasteiger partial charge in [-0.2, -0.15) is 0 Å². The SMILES string of the molecule is COc1ccc(CN(Cc2ccc(OC)cc2)[C@H]2CCC[C@@H]2COc2ccc(F)cn2)cc1. The van der Waals surface area contributed by atoms with Crippen molar-refractivity contribution in [2.24, 2.45) is 5.92 Å². The van der Waals surface area contributed by atoms with Gasteiger partial charge in [-0.1, -0.05) is 30.7 Å². The van der Waals surface area contributed by atoms with Crippen LogP contribution in [0.1, 0.15) is 30.4 Å². The molecule has 0 N–H and O–H groups in total. The fourth-order valence-corrected chi connectivity index (χ4v) is 4.55. The molecule has 0 unspecified atom stereocenters. The molecular weight excluding hydrogens is 419 g/mol. The van der Waals surface area contributed by atoms with Crippen molar-refractivity contribution in [3.63, 3.8) is 0 Å². The minimum Gasteiger partial charge on any atom is -0.497 e. The maximum Gasteiger partial charge on any atom is 0.213 e. The minimum absolute atomic E-state index is 0.355. The Morgan fingerprint density at radius 2 is 1.45 bits per heavy atom. The highest BCUT2D eigenvalue weighted by Gasteiger charge is 2.33. The topological polar surface area (TPSA) is 43.8 Å². The summed E-state index contributed by atoms with van der Waals surface area (Å²) < 4.78 is 29.8. The second-order valence-corrected chi connectivity index (χ2v) is 8.49. The molecule has 6 heteroatoms. The van der Waals surface area contributed by atoms with Crippen LogP contribution in [0.4, 0.5) is 4.39 Å². The first kappa shape index (κ1) is 23.1. The van der Waals surface area contributed by atoms with Crippen molar-refractivity contribution in [3.8, 4) is 17.4 Å². The highest BCUT2D eigenvalue weighted by Crippen LogP contribution is 2.33. The summed E-state index contributed by atoms with van der Waals surface area (Å²) in [6.45, 7) is 2.25. The van der Waals surface area contributed by atoms with Crippen molar-refractivity contribution < 1.29 is 18.6 Å². The molecule has 1 aliphatic rings. The first-order chi connectivity index (χ1) is 16.1. The highest BCUT2D eigenvalue weighted by molar-refractivity contribution is 5.29. The van der Waals surface area contributed by atoms with E-state index in [0.29, 0.717) is 24.4 Å². The number of benzene rings is 2. The third-order valence-electron chi connectivity index (χ3n) is 6.32. The normalized spacial score (nSPS) is 17.8. The molecule has 1 heterocycles. The first-order valence-electron chi connectivity index (χ1n) is 11.4. The second-order valence-electron chi connectivity index (χ2n) is 8.49. The van der Waals surface area contributed by atoms with Crippen LogP contribution in [0.3, 0.4) is 0 Å². The van der Waals surface area contributed by atoms with Crippen LogP contribution < -0.4 is 14.2 Å². The van der Waals surface area contributed by atoms with Crippen LogP contribution in [0, 0.1) is 11.7 Å². The number of methoxy groups -OCH3 is 2. The lowest BCUT2D eigenvalue weighted by molar-refractivity contribution is 0.110. The van der Waals surface area contributed by atoms with E-state index < -0.39 is 0 Å². The lowest BCUT2D eigenvalue weighted by atomic mass is 10.0. The summed E-state index contributed by atoms with van der Waals surface area (Å²) in [5.74, 6) is 2.22. The Kier molecular flexibility index (Phi) is 7.79. The highest BCUT2D eigenvalue weighted by atomic mass is 19.1. The van der Waals surface area contributed by atoms with Gasteiger partial charge in [0, 0.05) is 31.1 Å². The maximum atomic E-state index is 13.2. The molecule has 1 fully saturated rings. The average molecular weight is 451 g/mol. The molecule has 33 heavy (non-hydrogen) atoms. The number of ether oxygens (including phenoxy) is 3. The van der Waals surface area contributed by atoms with Crippen molar-refractivity contribution in [1.82, 2.24) is 9.88 Å². The molecule has 0 aliphatic heterocycles. The molecule has 1 aromatic heterocycles. The summed E-state index contributed by atoms with van der Waals surface area (Å²) >= 11 is 0. The van der Waals surface area contributed by atoms with E-state index in [0.717, 1.165) is 43.9 Å². The fraction of sp³-hybridized carbons (Fsp3) is 0.370. The predicted octanol–water partition coefficient (Wildman–Crippen LogP) is 5.49. The van der Waals surface area contributed by atoms with Gasteiger partial charge < -0.3 is 14.2 Å². The van der Waals surface area contributed by atoms with Gasteiger partial charge in [-0.15, -0.1) is 0 Å². The van der Waals surface area contributed by atoms with Crippen LogP contribution in [0.5, 0.6) is 17.4 Å². The van der Waals surface area contributed by atoms with E-state index in [1.165, 1.54) is 23.4 Å². The Morgan fingerprint density at radius 3 is 1.97 bits per heavy atom. The molecule has 2 aromatic carbocycles. The molecule has 2 atom stereocenters. The molecule has 0 radical (unpaired) electrons. The van der Waals surface area contributed by atoms with Gasteiger partial charge in [0.2, 0.25) is 5.88 Å². The summed E-state index contributed by atoms with van der Waals surface area (Å²) in [4.78, 5) is 6.59. The lowest BCUT2D eigenvalue weighted by Crippen LogP contribution is -2.39. The van der Waals surface area contributed by atoms with Crippen molar-refractivity contribution in [2.45, 2.75) is 38.4 Å². The third-order valence-corrected chi connectivity index (χ3v) is 6.32. The van der Waals surface area contributed by atoms with Crippen molar-refractivity contribution in [2.75, 3.05) is 20.8 Å². The zero-order valence-corrected chi connectivity index (χ0v) is 19.2. The first-order valence-corrected chi connectivity index (χ1v) is 11.4. The summed E-state index contributed by atoms with van der Waals surface area (Å²) in [7, 11) is 3.37. The van der Waals surface area contributed by atoms with Crippen molar-refractivity contribution >= 4 is 0 Å². The van der Waals surface area contributed by atoms with E-state index in [-0.39, 0.29) is 5.82 Å². The minimum atomic E-state index is -0.355. The Morgan fingerprint density at radius 1 is 0.848 bits per heavy atom. The van der Waals surface area contributed by atoms with Gasteiger partial charge in [-0.25, -0.2) is 9.37 Å². The number of nitrogens with zero attached hydrogens (tertiary/aromatic N) is 2. The third kappa shape index (κ3) is 6.23. The predicted molar refractivity (Wildman–Crippen MR) is 126 cm³/mol. The Hall–Kier alpha value is -3.12. The Labute approximate surface area is 195 Å². The standard InChI is InChI=1S/C27H31FN2O3/c1-31-24-11-6-20(7-12-24)17-30(18-21-8-13-25(32-2)14-9-21)26-5-3-4-22(26)19-33-27-15-10-23(28)16-29-27/h6-16,22,26H,3-5,17-19H2,1-2H3/t22-,26+/m1/s1. The molecule has 0 spiro atoms. The van der Waals surface area contributed by atoms with Gasteiger partial charge in [0.15, 0.2) is 0 Å². The van der Waals surface area contributed by atoms with Crippen LogP contribution in [0.15, 0.2) is 66.9 Å². The zero-order valence-electron chi connectivity index (χ0n) is 19.2. The molecule has 174 valence electrons. The van der Waals surface area contributed by atoms with E-state index >= 15 is 0 Å². The maximum absolute atomic E-state index is 13.2. The van der Waals surface area contributed by atoms with E-state index in [1.807, 2.05) is 24.3 Å². The molecule has 0 saturated heterocycles. The molecular formula is C27H31FN2O3. The van der Waals surface area contributed by atoms with Crippen LogP contribution in [0.25, 0.3) is 0 Å². The summed E-state index contributed by atoms with van der Waals surface area (Å²) in [5.41, 5.74) is 2.49. The quantitative estimate of drug-likeness (QED) is 0.409. The Bertz CT molecular complexity index is 944. The van der Waals surface area contributed by atoms with E-state index in [2.05, 4.69) is 34.1 Å². The molecule has 4 rings (SSSR count). The van der Waals surface area contributed by atoms with Gasteiger partial charge in [-0.05, 0) is 54.3 Å². The number of hydrogen-bond acceptors (Lipinski definition) is 5. The van der Waals surface area contributed by atoms with Gasteiger partial charge in [0.1, 0.15) is 17.3 Å². The number of pyridine rings is 1. The molecule has 0 bridgehead atoms. The van der Waals surface area contributed by atoms with E-state index in [1.54, 1.807) is 20.3 Å². The van der Waals surface area contributed by atoms with Crippen LogP contribution >= 0.6 is 0 Å². The van der Waals surface area contributed by atoms with E-state index in [9.17, 15) is 4.39 Å². The molecule has 0 amide bonds. The summed E-state index contributed by atoms with van der Waals surface area (Å²) in [6.07, 6.45) is 4.59. The number of halogens is 1. The van der Waals surface area contributed by atoms with Gasteiger partial charge in [0.05, 0.1) is 27.0 Å². The van der Waals surface area contributed by atoms with Crippen LogP contribution in [-0.2, 0) is 13.1 Å². The lowest BCUT2D eigenvalue weighted by Gasteiger charge is -2.33. The molecule has 3 aromatic rings. The summed E-state index contributed by atoms with van der Waals surface area (Å²) in [6, 6.07) is 19.9. The molecule has 1 saturated carbocycles. The molecule has 1 aliphatic carbocycles. The van der Waals surface area contributed by atoms with Crippen LogP contribution in [-0.4, -0.2) is 36.8 Å². The number of rotatable bonds is 10. The molecule has 5 nitrogen and oxygen atoms in total. The van der Waals surface area contributed by atoms with E-state index in [4.69, 9.17) is 14.2 Å². The largest absolute Gasteiger partial charge is 0.497 e. The smallest absolute Gasteiger partial charge is 0.213 e. The number of hydrogen-bond donors (Lipinski definition) is 0. The average Bonchev–Trinajstić information content (AvgIpc) is 3.33. The Balaban J connectivity index is 1.49. The van der Waals surface area contributed by atoms with Crippen LogP contribution in [0.2, 0.25) is 0 Å². The monoisotopic (exact) mass is 450 g/mol. The van der Waals surface area contributed by atoms with Crippen molar-refractivity contribution in [3.05, 3.63) is 83.8 Å². The van der Waals surface area contributed by atoms with Gasteiger partial charge in [-0.3, -0.25) is 4.90 Å².